The lowest BCUT2D eigenvalue weighted by Gasteiger charge is -2.36. The highest BCUT2D eigenvalue weighted by Gasteiger charge is 2.25. The van der Waals surface area contributed by atoms with Crippen molar-refractivity contribution in [3.63, 3.8) is 0 Å². The van der Waals surface area contributed by atoms with Gasteiger partial charge in [-0.05, 0) is 43.3 Å². The number of halogens is 2. The topological polar surface area (TPSA) is 60.9 Å². The number of rotatable bonds is 3. The van der Waals surface area contributed by atoms with Crippen LogP contribution in [-0.4, -0.2) is 47.9 Å². The lowest BCUT2D eigenvalue weighted by Crippen LogP contribution is -2.49. The van der Waals surface area contributed by atoms with Gasteiger partial charge in [-0.3, -0.25) is 9.59 Å². The molecule has 136 valence electrons. The molecule has 2 aromatic carbocycles. The van der Waals surface area contributed by atoms with Crippen molar-refractivity contribution < 1.29 is 19.1 Å². The van der Waals surface area contributed by atoms with Gasteiger partial charge in [-0.1, -0.05) is 11.6 Å². The van der Waals surface area contributed by atoms with Gasteiger partial charge in [-0.25, -0.2) is 4.39 Å². The zero-order valence-electron chi connectivity index (χ0n) is 14.2. The van der Waals surface area contributed by atoms with E-state index in [4.69, 9.17) is 11.6 Å². The molecule has 2 aromatic rings. The van der Waals surface area contributed by atoms with E-state index in [1.54, 1.807) is 17.0 Å². The van der Waals surface area contributed by atoms with Gasteiger partial charge in [-0.2, -0.15) is 0 Å². The Hall–Kier alpha value is -2.60. The molecular formula is C19H18ClFN2O3. The fourth-order valence-electron chi connectivity index (χ4n) is 2.98. The average Bonchev–Trinajstić information content (AvgIpc) is 2.63. The van der Waals surface area contributed by atoms with E-state index in [2.05, 4.69) is 0 Å². The first-order chi connectivity index (χ1) is 12.4. The van der Waals surface area contributed by atoms with Crippen LogP contribution in [0.25, 0.3) is 0 Å². The highest BCUT2D eigenvalue weighted by atomic mass is 35.5. The maximum atomic E-state index is 14.3. The molecule has 1 aliphatic rings. The van der Waals surface area contributed by atoms with Crippen molar-refractivity contribution in [3.8, 4) is 5.75 Å². The molecule has 1 aliphatic heterocycles. The summed E-state index contributed by atoms with van der Waals surface area (Å²) >= 11 is 5.90. The van der Waals surface area contributed by atoms with E-state index in [-0.39, 0.29) is 23.0 Å². The van der Waals surface area contributed by atoms with Gasteiger partial charge in [0, 0.05) is 36.8 Å². The van der Waals surface area contributed by atoms with Gasteiger partial charge in [0.25, 0.3) is 5.91 Å². The number of carbonyl (C=O) groups excluding carboxylic acids is 2. The number of piperazine rings is 1. The minimum atomic E-state index is -0.454. The first-order valence-electron chi connectivity index (χ1n) is 8.20. The van der Waals surface area contributed by atoms with Gasteiger partial charge in [0.15, 0.2) is 5.78 Å². The van der Waals surface area contributed by atoms with Crippen molar-refractivity contribution in [2.24, 2.45) is 0 Å². The molecule has 0 aliphatic carbocycles. The van der Waals surface area contributed by atoms with Crippen molar-refractivity contribution in [1.29, 1.82) is 0 Å². The fraction of sp³-hybridized carbons (Fsp3) is 0.263. The molecule has 0 bridgehead atoms. The highest BCUT2D eigenvalue weighted by molar-refractivity contribution is 6.31. The van der Waals surface area contributed by atoms with Crippen LogP contribution < -0.4 is 4.90 Å². The van der Waals surface area contributed by atoms with E-state index in [0.29, 0.717) is 42.5 Å². The summed E-state index contributed by atoms with van der Waals surface area (Å²) in [7, 11) is 0. The number of ketones is 1. The van der Waals surface area contributed by atoms with E-state index in [1.165, 1.54) is 31.2 Å². The Morgan fingerprint density at radius 3 is 2.38 bits per heavy atom. The van der Waals surface area contributed by atoms with E-state index >= 15 is 0 Å². The zero-order chi connectivity index (χ0) is 18.8. The third-order valence-corrected chi connectivity index (χ3v) is 4.69. The molecule has 0 saturated carbocycles. The summed E-state index contributed by atoms with van der Waals surface area (Å²) in [6, 6.07) is 8.76. The largest absolute Gasteiger partial charge is 0.507 e. The van der Waals surface area contributed by atoms with Crippen molar-refractivity contribution in [1.82, 2.24) is 4.90 Å². The minimum Gasteiger partial charge on any atom is -0.507 e. The third kappa shape index (κ3) is 3.65. The monoisotopic (exact) mass is 376 g/mol. The van der Waals surface area contributed by atoms with Gasteiger partial charge in [-0.15, -0.1) is 0 Å². The molecule has 1 N–H and O–H groups in total. The molecule has 3 rings (SSSR count). The number of phenolic OH excluding ortho intramolecular Hbond substituents is 1. The number of nitrogens with zero attached hydrogens (tertiary/aromatic N) is 2. The Balaban J connectivity index is 1.70. The van der Waals surface area contributed by atoms with Crippen molar-refractivity contribution in [2.75, 3.05) is 31.1 Å². The Morgan fingerprint density at radius 1 is 1.08 bits per heavy atom. The zero-order valence-corrected chi connectivity index (χ0v) is 15.0. The summed E-state index contributed by atoms with van der Waals surface area (Å²) in [5, 5.41) is 10.3. The van der Waals surface area contributed by atoms with Gasteiger partial charge < -0.3 is 14.9 Å². The second-order valence-electron chi connectivity index (χ2n) is 6.16. The second kappa shape index (κ2) is 7.33. The lowest BCUT2D eigenvalue weighted by atomic mass is 10.1. The van der Waals surface area contributed by atoms with Crippen LogP contribution in [0.3, 0.4) is 0 Å². The first-order valence-corrected chi connectivity index (χ1v) is 8.58. The Morgan fingerprint density at radius 2 is 1.77 bits per heavy atom. The summed E-state index contributed by atoms with van der Waals surface area (Å²) in [5.41, 5.74) is 0.895. The number of carbonyl (C=O) groups is 2. The number of Topliss-reactive ketones (excluding diaryl/α,β-unsaturated/α-hetero) is 1. The van der Waals surface area contributed by atoms with Crippen LogP contribution in [0.2, 0.25) is 5.02 Å². The average molecular weight is 377 g/mol. The Labute approximate surface area is 155 Å². The molecule has 5 nitrogen and oxygen atoms in total. The van der Waals surface area contributed by atoms with Gasteiger partial charge >= 0.3 is 0 Å². The number of hydrogen-bond acceptors (Lipinski definition) is 4. The maximum absolute atomic E-state index is 14.3. The summed E-state index contributed by atoms with van der Waals surface area (Å²) in [4.78, 5) is 27.3. The normalized spacial score (nSPS) is 14.4. The standard InChI is InChI=1S/C19H18ClFN2O3/c1-12(24)13-2-4-17(16(21)10-13)22-6-8-23(9-7-22)19(26)15-11-14(20)3-5-18(15)25/h2-5,10-11,25H,6-9H2,1H3. The van der Waals surface area contributed by atoms with E-state index in [0.717, 1.165) is 0 Å². The van der Waals surface area contributed by atoms with Gasteiger partial charge in [0.1, 0.15) is 11.6 Å². The molecule has 0 radical (unpaired) electrons. The molecule has 26 heavy (non-hydrogen) atoms. The van der Waals surface area contributed by atoms with Crippen molar-refractivity contribution >= 4 is 29.0 Å². The smallest absolute Gasteiger partial charge is 0.257 e. The van der Waals surface area contributed by atoms with Crippen molar-refractivity contribution in [2.45, 2.75) is 6.92 Å². The molecule has 0 aromatic heterocycles. The Kier molecular flexibility index (Phi) is 5.13. The first kappa shape index (κ1) is 18.2. The van der Waals surface area contributed by atoms with Gasteiger partial charge in [0.05, 0.1) is 11.3 Å². The molecular weight excluding hydrogens is 359 g/mol. The van der Waals surface area contributed by atoms with Crippen molar-refractivity contribution in [3.05, 3.63) is 58.4 Å². The number of aromatic hydroxyl groups is 1. The molecule has 1 fully saturated rings. The van der Waals surface area contributed by atoms with E-state index < -0.39 is 5.82 Å². The van der Waals surface area contributed by atoms with Crippen LogP contribution in [0.4, 0.5) is 10.1 Å². The van der Waals surface area contributed by atoms with E-state index in [9.17, 15) is 19.1 Å². The summed E-state index contributed by atoms with van der Waals surface area (Å²) in [5.74, 6) is -1.07. The number of benzene rings is 2. The lowest BCUT2D eigenvalue weighted by molar-refractivity contribution is 0.0743. The molecule has 1 amide bonds. The number of anilines is 1. The minimum absolute atomic E-state index is 0.118. The number of amides is 1. The van der Waals surface area contributed by atoms with Crippen LogP contribution in [0.1, 0.15) is 27.6 Å². The van der Waals surface area contributed by atoms with Crippen LogP contribution in [0.5, 0.6) is 5.75 Å². The predicted molar refractivity (Wildman–Crippen MR) is 97.6 cm³/mol. The molecule has 0 unspecified atom stereocenters. The summed E-state index contributed by atoms with van der Waals surface area (Å²) in [6.07, 6.45) is 0. The number of hydrogen-bond donors (Lipinski definition) is 1. The quantitative estimate of drug-likeness (QED) is 0.834. The van der Waals surface area contributed by atoms with E-state index in [1.807, 2.05) is 4.90 Å². The van der Waals surface area contributed by atoms with Crippen LogP contribution in [0.15, 0.2) is 36.4 Å². The third-order valence-electron chi connectivity index (χ3n) is 4.45. The molecule has 0 spiro atoms. The predicted octanol–water partition coefficient (Wildman–Crippen LogP) is 3.35. The molecule has 0 atom stereocenters. The summed E-state index contributed by atoms with van der Waals surface area (Å²) in [6.45, 7) is 3.06. The Bertz CT molecular complexity index is 864. The van der Waals surface area contributed by atoms with Gasteiger partial charge in [0.2, 0.25) is 0 Å². The summed E-state index contributed by atoms with van der Waals surface area (Å²) < 4.78 is 14.3. The number of phenols is 1. The van der Waals surface area contributed by atoms with Crippen LogP contribution in [0, 0.1) is 5.82 Å². The fourth-order valence-corrected chi connectivity index (χ4v) is 3.15. The van der Waals surface area contributed by atoms with Crippen LogP contribution >= 0.6 is 11.6 Å². The second-order valence-corrected chi connectivity index (χ2v) is 6.60. The molecule has 7 heteroatoms. The highest BCUT2D eigenvalue weighted by Crippen LogP contribution is 2.25. The SMILES string of the molecule is CC(=O)c1ccc(N2CCN(C(=O)c3cc(Cl)ccc3O)CC2)c(F)c1. The molecule has 1 heterocycles. The maximum Gasteiger partial charge on any atom is 0.257 e. The molecule has 1 saturated heterocycles. The van der Waals surface area contributed by atoms with Crippen LogP contribution in [-0.2, 0) is 0 Å².